The number of carbonyl (C=O) groups excluding carboxylic acids is 1. The number of likely N-dealkylation sites (tertiary alicyclic amines) is 1. The number of pyridine rings is 1. The van der Waals surface area contributed by atoms with Crippen molar-refractivity contribution in [1.82, 2.24) is 14.8 Å². The smallest absolute Gasteiger partial charge is 0.263 e. The van der Waals surface area contributed by atoms with Crippen molar-refractivity contribution >= 4 is 38.2 Å². The third kappa shape index (κ3) is 3.48. The summed E-state index contributed by atoms with van der Waals surface area (Å²) in [6, 6.07) is 19.1. The standard InChI is InChI=1S/C25H25N3OS/c1-27(2)25(29)24-23(20-7-3-4-8-22(20)30-24)19-11-13-28(16-19)15-17-9-10-21-18(14-17)6-5-12-26-21/h3-10,12,14,19H,11,13,15-16H2,1-2H3. The van der Waals surface area contributed by atoms with Gasteiger partial charge in [-0.1, -0.05) is 30.3 Å². The quantitative estimate of drug-likeness (QED) is 0.463. The Labute approximate surface area is 180 Å². The predicted molar refractivity (Wildman–Crippen MR) is 124 cm³/mol. The molecular formula is C25H25N3OS. The van der Waals surface area contributed by atoms with E-state index in [4.69, 9.17) is 0 Å². The SMILES string of the molecule is CN(C)C(=O)c1sc2ccccc2c1C1CCN(Cc2ccc3ncccc3c2)C1. The van der Waals surface area contributed by atoms with Gasteiger partial charge in [0.2, 0.25) is 0 Å². The van der Waals surface area contributed by atoms with Gasteiger partial charge >= 0.3 is 0 Å². The van der Waals surface area contributed by atoms with Crippen LogP contribution < -0.4 is 0 Å². The molecule has 4 aromatic rings. The first-order chi connectivity index (χ1) is 14.6. The van der Waals surface area contributed by atoms with Crippen molar-refractivity contribution in [3.63, 3.8) is 0 Å². The van der Waals surface area contributed by atoms with Crippen LogP contribution in [0.1, 0.15) is 33.1 Å². The van der Waals surface area contributed by atoms with Gasteiger partial charge in [-0.2, -0.15) is 0 Å². The second-order valence-corrected chi connectivity index (χ2v) is 9.34. The first kappa shape index (κ1) is 19.2. The summed E-state index contributed by atoms with van der Waals surface area (Å²) in [4.78, 5) is 22.4. The summed E-state index contributed by atoms with van der Waals surface area (Å²) in [6.07, 6.45) is 2.93. The summed E-state index contributed by atoms with van der Waals surface area (Å²) < 4.78 is 1.21. The molecule has 0 spiro atoms. The summed E-state index contributed by atoms with van der Waals surface area (Å²) in [6.45, 7) is 2.97. The van der Waals surface area contributed by atoms with Crippen molar-refractivity contribution in [2.45, 2.75) is 18.9 Å². The van der Waals surface area contributed by atoms with Crippen molar-refractivity contribution in [1.29, 1.82) is 0 Å². The number of hydrogen-bond acceptors (Lipinski definition) is 4. The molecule has 1 aliphatic rings. The Morgan fingerprint density at radius 2 is 2.03 bits per heavy atom. The minimum absolute atomic E-state index is 0.117. The monoisotopic (exact) mass is 415 g/mol. The molecule has 0 bridgehead atoms. The Balaban J connectivity index is 1.42. The molecule has 0 N–H and O–H groups in total. The molecule has 0 saturated carbocycles. The van der Waals surface area contributed by atoms with Crippen LogP contribution in [0.2, 0.25) is 0 Å². The van der Waals surface area contributed by atoms with E-state index in [1.54, 1.807) is 16.2 Å². The average Bonchev–Trinajstić information content (AvgIpc) is 3.37. The summed E-state index contributed by atoms with van der Waals surface area (Å²) in [5, 5.41) is 2.43. The third-order valence-electron chi connectivity index (χ3n) is 5.99. The third-order valence-corrected chi connectivity index (χ3v) is 7.16. The van der Waals surface area contributed by atoms with Gasteiger partial charge in [0, 0.05) is 49.4 Å². The fourth-order valence-electron chi connectivity index (χ4n) is 4.53. The van der Waals surface area contributed by atoms with Crippen LogP contribution in [-0.4, -0.2) is 47.9 Å². The molecule has 1 unspecified atom stereocenters. The Kier molecular flexibility index (Phi) is 5.01. The number of amides is 1. The summed E-state index contributed by atoms with van der Waals surface area (Å²) >= 11 is 1.64. The fourth-order valence-corrected chi connectivity index (χ4v) is 5.84. The van der Waals surface area contributed by atoms with E-state index in [9.17, 15) is 4.79 Å². The first-order valence-electron chi connectivity index (χ1n) is 10.4. The van der Waals surface area contributed by atoms with E-state index >= 15 is 0 Å². The van der Waals surface area contributed by atoms with Crippen LogP contribution in [0.15, 0.2) is 60.8 Å². The van der Waals surface area contributed by atoms with Gasteiger partial charge in [0.05, 0.1) is 10.4 Å². The van der Waals surface area contributed by atoms with Gasteiger partial charge in [-0.15, -0.1) is 11.3 Å². The molecule has 152 valence electrons. The molecule has 1 fully saturated rings. The summed E-state index contributed by atoms with van der Waals surface area (Å²) in [5.41, 5.74) is 3.60. The summed E-state index contributed by atoms with van der Waals surface area (Å²) in [7, 11) is 3.68. The zero-order valence-electron chi connectivity index (χ0n) is 17.3. The number of carbonyl (C=O) groups is 1. The molecule has 2 aromatic carbocycles. The van der Waals surface area contributed by atoms with Crippen LogP contribution in [0.25, 0.3) is 21.0 Å². The fraction of sp³-hybridized carbons (Fsp3) is 0.280. The van der Waals surface area contributed by atoms with Crippen LogP contribution >= 0.6 is 11.3 Å². The van der Waals surface area contributed by atoms with E-state index in [1.807, 2.05) is 26.4 Å². The Hall–Kier alpha value is -2.76. The lowest BCUT2D eigenvalue weighted by atomic mass is 9.95. The normalized spacial score (nSPS) is 17.1. The molecule has 5 heteroatoms. The van der Waals surface area contributed by atoms with E-state index in [0.29, 0.717) is 5.92 Å². The maximum Gasteiger partial charge on any atom is 0.263 e. The van der Waals surface area contributed by atoms with Crippen LogP contribution in [-0.2, 0) is 6.54 Å². The lowest BCUT2D eigenvalue weighted by Crippen LogP contribution is -2.23. The van der Waals surface area contributed by atoms with E-state index in [2.05, 4.69) is 58.4 Å². The van der Waals surface area contributed by atoms with E-state index in [-0.39, 0.29) is 5.91 Å². The van der Waals surface area contributed by atoms with Crippen molar-refractivity contribution in [3.8, 4) is 0 Å². The molecule has 1 saturated heterocycles. The minimum atomic E-state index is 0.117. The first-order valence-corrected chi connectivity index (χ1v) is 11.2. The number of benzene rings is 2. The van der Waals surface area contributed by atoms with Crippen molar-refractivity contribution in [3.05, 3.63) is 76.8 Å². The van der Waals surface area contributed by atoms with Crippen LogP contribution in [0, 0.1) is 0 Å². The largest absolute Gasteiger partial charge is 0.344 e. The highest BCUT2D eigenvalue weighted by Gasteiger charge is 2.31. The zero-order chi connectivity index (χ0) is 20.7. The highest BCUT2D eigenvalue weighted by molar-refractivity contribution is 7.21. The summed E-state index contributed by atoms with van der Waals surface area (Å²) in [5.74, 6) is 0.508. The molecule has 2 aromatic heterocycles. The molecule has 3 heterocycles. The highest BCUT2D eigenvalue weighted by Crippen LogP contribution is 2.40. The molecular weight excluding hydrogens is 390 g/mol. The van der Waals surface area contributed by atoms with Gasteiger partial charge in [-0.3, -0.25) is 14.7 Å². The van der Waals surface area contributed by atoms with Gasteiger partial charge in [-0.25, -0.2) is 0 Å². The van der Waals surface area contributed by atoms with Crippen molar-refractivity contribution < 1.29 is 4.79 Å². The lowest BCUT2D eigenvalue weighted by molar-refractivity contribution is 0.0831. The lowest BCUT2D eigenvalue weighted by Gasteiger charge is -2.18. The molecule has 1 atom stereocenters. The van der Waals surface area contributed by atoms with E-state index in [0.717, 1.165) is 36.4 Å². The van der Waals surface area contributed by atoms with E-state index < -0.39 is 0 Å². The van der Waals surface area contributed by atoms with Gasteiger partial charge in [0.25, 0.3) is 5.91 Å². The van der Waals surface area contributed by atoms with Gasteiger partial charge in [0.1, 0.15) is 0 Å². The molecule has 0 aliphatic carbocycles. The molecule has 0 radical (unpaired) electrons. The molecule has 30 heavy (non-hydrogen) atoms. The topological polar surface area (TPSA) is 36.4 Å². The van der Waals surface area contributed by atoms with Gasteiger partial charge in [-0.05, 0) is 53.7 Å². The van der Waals surface area contributed by atoms with Crippen molar-refractivity contribution in [2.24, 2.45) is 0 Å². The highest BCUT2D eigenvalue weighted by atomic mass is 32.1. The predicted octanol–water partition coefficient (Wildman–Crippen LogP) is 5.14. The second-order valence-electron chi connectivity index (χ2n) is 8.29. The van der Waals surface area contributed by atoms with Gasteiger partial charge in [0.15, 0.2) is 0 Å². The number of fused-ring (bicyclic) bond motifs is 2. The van der Waals surface area contributed by atoms with Crippen molar-refractivity contribution in [2.75, 3.05) is 27.2 Å². The van der Waals surface area contributed by atoms with Crippen LogP contribution in [0.5, 0.6) is 0 Å². The number of hydrogen-bond donors (Lipinski definition) is 0. The molecule has 1 aliphatic heterocycles. The van der Waals surface area contributed by atoms with E-state index in [1.165, 1.54) is 26.6 Å². The molecule has 4 nitrogen and oxygen atoms in total. The Morgan fingerprint density at radius 1 is 1.17 bits per heavy atom. The molecule has 5 rings (SSSR count). The number of nitrogens with zero attached hydrogens (tertiary/aromatic N) is 3. The number of aromatic nitrogens is 1. The maximum absolute atomic E-state index is 12.9. The van der Waals surface area contributed by atoms with Gasteiger partial charge < -0.3 is 4.90 Å². The number of thiophene rings is 1. The second kappa shape index (κ2) is 7.82. The van der Waals surface area contributed by atoms with Crippen LogP contribution in [0.3, 0.4) is 0 Å². The zero-order valence-corrected chi connectivity index (χ0v) is 18.2. The minimum Gasteiger partial charge on any atom is -0.344 e. The number of rotatable bonds is 4. The maximum atomic E-state index is 12.9. The average molecular weight is 416 g/mol. The molecule has 1 amide bonds. The Morgan fingerprint density at radius 3 is 2.90 bits per heavy atom. The Bertz CT molecular complexity index is 1230. The van der Waals surface area contributed by atoms with Crippen LogP contribution in [0.4, 0.5) is 0 Å².